The number of carbonyl (C=O) groups is 2. The van der Waals surface area contributed by atoms with E-state index in [-0.39, 0.29) is 18.0 Å². The van der Waals surface area contributed by atoms with Crippen LogP contribution in [0.1, 0.15) is 42.4 Å². The molecule has 36 heavy (non-hydrogen) atoms. The van der Waals surface area contributed by atoms with Crippen LogP contribution in [0.15, 0.2) is 78.9 Å². The number of hydrogen-bond acceptors (Lipinski definition) is 3. The largest absolute Gasteiger partial charge is 0.352 e. The third-order valence-electron chi connectivity index (χ3n) is 6.19. The minimum atomic E-state index is -0.516. The Kier molecular flexibility index (Phi) is 8.44. The van der Waals surface area contributed by atoms with E-state index in [1.807, 2.05) is 66.1 Å². The minimum Gasteiger partial charge on any atom is -0.352 e. The molecular formula is C29H31FN4O2. The number of nitrogens with one attached hydrogen (secondary N) is 1. The van der Waals surface area contributed by atoms with Crippen LogP contribution in [-0.2, 0) is 17.8 Å². The number of rotatable bonds is 11. The second-order valence-corrected chi connectivity index (χ2v) is 8.62. The van der Waals surface area contributed by atoms with Crippen molar-refractivity contribution in [3.05, 3.63) is 96.1 Å². The summed E-state index contributed by atoms with van der Waals surface area (Å²) < 4.78 is 15.8. The first-order chi connectivity index (χ1) is 17.6. The van der Waals surface area contributed by atoms with Gasteiger partial charge in [-0.1, -0.05) is 48.9 Å². The van der Waals surface area contributed by atoms with Crippen LogP contribution in [0.25, 0.3) is 11.0 Å². The zero-order valence-corrected chi connectivity index (χ0v) is 20.5. The van der Waals surface area contributed by atoms with Crippen LogP contribution in [0.2, 0.25) is 0 Å². The molecule has 0 fully saturated rings. The average Bonchev–Trinajstić information content (AvgIpc) is 3.24. The van der Waals surface area contributed by atoms with Crippen molar-refractivity contribution >= 4 is 28.5 Å². The summed E-state index contributed by atoms with van der Waals surface area (Å²) in [4.78, 5) is 32.0. The Balaban J connectivity index is 1.35. The summed E-state index contributed by atoms with van der Waals surface area (Å²) in [6.07, 6.45) is 3.24. The Hall–Kier alpha value is -4.00. The molecule has 0 spiro atoms. The molecule has 7 heteroatoms. The number of aryl methyl sites for hydroxylation is 1. The lowest BCUT2D eigenvalue weighted by Crippen LogP contribution is -2.34. The molecule has 2 amide bonds. The first-order valence-corrected chi connectivity index (χ1v) is 12.4. The molecule has 186 valence electrons. The number of aromatic nitrogens is 2. The molecule has 0 saturated carbocycles. The summed E-state index contributed by atoms with van der Waals surface area (Å²) in [5.41, 5.74) is 2.77. The number of benzene rings is 3. The standard InChI is InChI=1S/C29H31FN4O2/c1-2-33(22-13-5-3-6-14-22)28(35)21-34-26-18-11-10-17-25(26)32-27(34)19-7-4-12-20-31-29(36)23-15-8-9-16-24(23)30/h3,5-6,8-11,13-18H,2,4,7,12,19-21H2,1H3,(H,31,36). The van der Waals surface area contributed by atoms with Gasteiger partial charge in [0.2, 0.25) is 5.91 Å². The molecule has 0 atom stereocenters. The maximum absolute atomic E-state index is 13.7. The van der Waals surface area contributed by atoms with Gasteiger partial charge in [0.1, 0.15) is 18.2 Å². The van der Waals surface area contributed by atoms with Gasteiger partial charge >= 0.3 is 0 Å². The number of hydrogen-bond donors (Lipinski definition) is 1. The zero-order chi connectivity index (χ0) is 25.3. The second-order valence-electron chi connectivity index (χ2n) is 8.62. The van der Waals surface area contributed by atoms with Crippen LogP contribution >= 0.6 is 0 Å². The van der Waals surface area contributed by atoms with Gasteiger partial charge in [0.25, 0.3) is 5.91 Å². The van der Waals surface area contributed by atoms with Crippen molar-refractivity contribution in [3.63, 3.8) is 0 Å². The maximum atomic E-state index is 13.7. The highest BCUT2D eigenvalue weighted by Gasteiger charge is 2.18. The highest BCUT2D eigenvalue weighted by atomic mass is 19.1. The Morgan fingerprint density at radius 2 is 1.64 bits per heavy atom. The van der Waals surface area contributed by atoms with E-state index in [1.165, 1.54) is 12.1 Å². The topological polar surface area (TPSA) is 67.2 Å². The van der Waals surface area contributed by atoms with E-state index in [4.69, 9.17) is 4.98 Å². The van der Waals surface area contributed by atoms with Crippen molar-refractivity contribution in [2.24, 2.45) is 0 Å². The van der Waals surface area contributed by atoms with Gasteiger partial charge in [-0.2, -0.15) is 0 Å². The zero-order valence-electron chi connectivity index (χ0n) is 20.5. The molecule has 6 nitrogen and oxygen atoms in total. The monoisotopic (exact) mass is 486 g/mol. The van der Waals surface area contributed by atoms with Crippen LogP contribution in [0.3, 0.4) is 0 Å². The number of fused-ring (bicyclic) bond motifs is 1. The lowest BCUT2D eigenvalue weighted by atomic mass is 10.1. The normalized spacial score (nSPS) is 10.9. The van der Waals surface area contributed by atoms with Gasteiger partial charge in [-0.25, -0.2) is 9.37 Å². The van der Waals surface area contributed by atoms with E-state index in [2.05, 4.69) is 5.32 Å². The summed E-state index contributed by atoms with van der Waals surface area (Å²) in [6.45, 7) is 3.26. The fraction of sp³-hybridized carbons (Fsp3) is 0.276. The molecule has 1 heterocycles. The number of likely N-dealkylation sites (N-methyl/N-ethyl adjacent to an activating group) is 1. The van der Waals surface area contributed by atoms with Crippen molar-refractivity contribution in [2.75, 3.05) is 18.0 Å². The third-order valence-corrected chi connectivity index (χ3v) is 6.19. The van der Waals surface area contributed by atoms with Crippen molar-refractivity contribution in [1.29, 1.82) is 0 Å². The van der Waals surface area contributed by atoms with E-state index in [0.29, 0.717) is 13.1 Å². The quantitative estimate of drug-likeness (QED) is 0.290. The van der Waals surface area contributed by atoms with Crippen LogP contribution in [0, 0.1) is 5.82 Å². The lowest BCUT2D eigenvalue weighted by Gasteiger charge is -2.22. The van der Waals surface area contributed by atoms with Gasteiger partial charge in [-0.15, -0.1) is 0 Å². The second kappa shape index (κ2) is 12.1. The molecule has 0 aliphatic heterocycles. The Labute approximate surface area is 210 Å². The van der Waals surface area contributed by atoms with Crippen LogP contribution < -0.4 is 10.2 Å². The van der Waals surface area contributed by atoms with E-state index in [1.54, 1.807) is 17.0 Å². The lowest BCUT2D eigenvalue weighted by molar-refractivity contribution is -0.119. The number of anilines is 1. The molecule has 0 aliphatic carbocycles. The van der Waals surface area contributed by atoms with Gasteiger partial charge in [-0.3, -0.25) is 9.59 Å². The van der Waals surface area contributed by atoms with Crippen LogP contribution in [-0.4, -0.2) is 34.5 Å². The van der Waals surface area contributed by atoms with Gasteiger partial charge in [0.15, 0.2) is 0 Å². The molecule has 1 N–H and O–H groups in total. The fourth-order valence-electron chi connectivity index (χ4n) is 4.35. The van der Waals surface area contributed by atoms with Gasteiger partial charge in [-0.05, 0) is 56.2 Å². The molecule has 1 aromatic heterocycles. The van der Waals surface area contributed by atoms with Crippen molar-refractivity contribution in [1.82, 2.24) is 14.9 Å². The van der Waals surface area contributed by atoms with Gasteiger partial charge < -0.3 is 14.8 Å². The maximum Gasteiger partial charge on any atom is 0.254 e. The Morgan fingerprint density at radius 1 is 0.917 bits per heavy atom. The molecule has 0 bridgehead atoms. The Bertz CT molecular complexity index is 1320. The molecule has 0 radical (unpaired) electrons. The number of para-hydroxylation sites is 3. The highest BCUT2D eigenvalue weighted by molar-refractivity contribution is 5.94. The van der Waals surface area contributed by atoms with Gasteiger partial charge in [0, 0.05) is 25.2 Å². The predicted molar refractivity (Wildman–Crippen MR) is 140 cm³/mol. The molecular weight excluding hydrogens is 455 g/mol. The van der Waals surface area contributed by atoms with Gasteiger partial charge in [0.05, 0.1) is 16.6 Å². The summed E-state index contributed by atoms with van der Waals surface area (Å²) in [5.74, 6) is -0.0160. The number of nitrogens with zero attached hydrogens (tertiary/aromatic N) is 3. The summed E-state index contributed by atoms with van der Waals surface area (Å²) >= 11 is 0. The van der Waals surface area contributed by atoms with E-state index in [9.17, 15) is 14.0 Å². The molecule has 0 aliphatic rings. The molecule has 3 aromatic carbocycles. The number of carbonyl (C=O) groups excluding carboxylic acids is 2. The average molecular weight is 487 g/mol. The minimum absolute atomic E-state index is 0.0176. The first kappa shape index (κ1) is 25.1. The molecule has 0 saturated heterocycles. The SMILES string of the molecule is CCN(C(=O)Cn1c(CCCCCNC(=O)c2ccccc2F)nc2ccccc21)c1ccccc1. The summed E-state index contributed by atoms with van der Waals surface area (Å²) in [7, 11) is 0. The van der Waals surface area contributed by atoms with E-state index in [0.717, 1.165) is 48.2 Å². The predicted octanol–water partition coefficient (Wildman–Crippen LogP) is 5.37. The summed E-state index contributed by atoms with van der Waals surface area (Å²) in [5, 5.41) is 2.78. The third kappa shape index (κ3) is 5.97. The van der Waals surface area contributed by atoms with Crippen molar-refractivity contribution < 1.29 is 14.0 Å². The Morgan fingerprint density at radius 3 is 2.42 bits per heavy atom. The first-order valence-electron chi connectivity index (χ1n) is 12.4. The number of unbranched alkanes of at least 4 members (excludes halogenated alkanes) is 2. The van der Waals surface area contributed by atoms with Crippen LogP contribution in [0.4, 0.5) is 10.1 Å². The summed E-state index contributed by atoms with van der Waals surface area (Å²) in [6, 6.07) is 23.5. The van der Waals surface area contributed by atoms with E-state index < -0.39 is 11.7 Å². The van der Waals surface area contributed by atoms with Crippen molar-refractivity contribution in [3.8, 4) is 0 Å². The smallest absolute Gasteiger partial charge is 0.254 e. The number of halogens is 1. The highest BCUT2D eigenvalue weighted by Crippen LogP contribution is 2.20. The van der Waals surface area contributed by atoms with Crippen molar-refractivity contribution in [2.45, 2.75) is 39.2 Å². The molecule has 4 aromatic rings. The molecule has 0 unspecified atom stereocenters. The fourth-order valence-corrected chi connectivity index (χ4v) is 4.35. The number of imidazole rings is 1. The van der Waals surface area contributed by atoms with Crippen LogP contribution in [0.5, 0.6) is 0 Å². The van der Waals surface area contributed by atoms with E-state index >= 15 is 0 Å². The number of amides is 2. The molecule has 4 rings (SSSR count).